The van der Waals surface area contributed by atoms with E-state index in [-0.39, 0.29) is 12.5 Å². The lowest BCUT2D eigenvalue weighted by molar-refractivity contribution is -0.135. The Morgan fingerprint density at radius 2 is 1.74 bits per heavy atom. The van der Waals surface area contributed by atoms with Crippen molar-refractivity contribution in [1.82, 2.24) is 10.9 Å². The van der Waals surface area contributed by atoms with Crippen molar-refractivity contribution in [3.05, 3.63) is 64.7 Å². The highest BCUT2D eigenvalue weighted by molar-refractivity contribution is 6.30. The summed E-state index contributed by atoms with van der Waals surface area (Å²) in [7, 11) is 0. The van der Waals surface area contributed by atoms with Crippen LogP contribution in [0.25, 0.3) is 0 Å². The predicted molar refractivity (Wildman–Crippen MR) is 99.9 cm³/mol. The van der Waals surface area contributed by atoms with Gasteiger partial charge in [0.15, 0.2) is 6.61 Å². The molecule has 7 heteroatoms. The molecule has 1 aliphatic rings. The Morgan fingerprint density at radius 3 is 2.30 bits per heavy atom. The lowest BCUT2D eigenvalue weighted by Gasteiger charge is -2.40. The van der Waals surface area contributed by atoms with Gasteiger partial charge in [-0.15, -0.1) is 0 Å². The summed E-state index contributed by atoms with van der Waals surface area (Å²) in [6.07, 6.45) is 2.39. The first-order valence-corrected chi connectivity index (χ1v) is 8.89. The van der Waals surface area contributed by atoms with E-state index in [9.17, 15) is 9.59 Å². The first-order chi connectivity index (χ1) is 13.0. The Hall–Kier alpha value is -3.04. The van der Waals surface area contributed by atoms with E-state index in [0.717, 1.165) is 24.8 Å². The zero-order chi connectivity index (χ0) is 19.3. The number of halogens is 1. The minimum Gasteiger partial charge on any atom is -0.484 e. The molecule has 27 heavy (non-hydrogen) atoms. The Labute approximate surface area is 162 Å². The van der Waals surface area contributed by atoms with Crippen LogP contribution in [0.4, 0.5) is 0 Å². The van der Waals surface area contributed by atoms with Gasteiger partial charge >= 0.3 is 0 Å². The molecule has 0 radical (unpaired) electrons. The van der Waals surface area contributed by atoms with Crippen molar-refractivity contribution in [2.24, 2.45) is 0 Å². The number of ether oxygens (including phenoxy) is 1. The van der Waals surface area contributed by atoms with E-state index < -0.39 is 11.3 Å². The monoisotopic (exact) mass is 383 g/mol. The van der Waals surface area contributed by atoms with Crippen LogP contribution in [0, 0.1) is 11.3 Å². The van der Waals surface area contributed by atoms with Gasteiger partial charge in [-0.3, -0.25) is 20.4 Å². The summed E-state index contributed by atoms with van der Waals surface area (Å²) < 4.78 is 5.34. The smallest absolute Gasteiger partial charge is 0.276 e. The fourth-order valence-corrected chi connectivity index (χ4v) is 3.13. The third-order valence-corrected chi connectivity index (χ3v) is 4.96. The molecular weight excluding hydrogens is 366 g/mol. The number of carbonyl (C=O) groups is 2. The molecule has 1 saturated carbocycles. The Bertz CT molecular complexity index is 869. The number of rotatable bonds is 5. The summed E-state index contributed by atoms with van der Waals surface area (Å²) in [5.74, 6) is -0.256. The maximum Gasteiger partial charge on any atom is 0.276 e. The average Bonchev–Trinajstić information content (AvgIpc) is 2.65. The minimum absolute atomic E-state index is 0.247. The molecule has 3 rings (SSSR count). The van der Waals surface area contributed by atoms with E-state index in [0.29, 0.717) is 16.3 Å². The molecule has 0 aromatic heterocycles. The van der Waals surface area contributed by atoms with Crippen LogP contribution in [0.1, 0.15) is 30.4 Å². The van der Waals surface area contributed by atoms with E-state index in [2.05, 4.69) is 10.9 Å². The summed E-state index contributed by atoms with van der Waals surface area (Å²) in [6, 6.07) is 15.6. The summed E-state index contributed by atoms with van der Waals surface area (Å²) >= 11 is 5.92. The van der Waals surface area contributed by atoms with Crippen molar-refractivity contribution in [3.8, 4) is 11.8 Å². The van der Waals surface area contributed by atoms with Crippen LogP contribution in [-0.4, -0.2) is 18.4 Å². The topological polar surface area (TPSA) is 91.2 Å². The lowest BCUT2D eigenvalue weighted by atomic mass is 9.64. The van der Waals surface area contributed by atoms with Crippen molar-refractivity contribution >= 4 is 23.4 Å². The molecule has 1 aliphatic carbocycles. The number of nitrogens with one attached hydrogen (secondary N) is 2. The summed E-state index contributed by atoms with van der Waals surface area (Å²) in [6.45, 7) is -0.250. The fourth-order valence-electron chi connectivity index (χ4n) is 3.00. The van der Waals surface area contributed by atoms with Gasteiger partial charge < -0.3 is 4.74 Å². The first-order valence-electron chi connectivity index (χ1n) is 8.52. The van der Waals surface area contributed by atoms with E-state index in [1.165, 1.54) is 0 Å². The third-order valence-electron chi connectivity index (χ3n) is 4.71. The Morgan fingerprint density at radius 1 is 1.07 bits per heavy atom. The number of nitrogens with zero attached hydrogens (tertiary/aromatic N) is 1. The van der Waals surface area contributed by atoms with Crippen molar-refractivity contribution in [2.75, 3.05) is 6.61 Å². The molecule has 2 amide bonds. The fraction of sp³-hybridized carbons (Fsp3) is 0.250. The molecule has 0 heterocycles. The molecule has 0 aliphatic heterocycles. The molecule has 1 fully saturated rings. The van der Waals surface area contributed by atoms with Gasteiger partial charge in [0.1, 0.15) is 5.75 Å². The number of nitriles is 1. The second kappa shape index (κ2) is 8.11. The number of amides is 2. The Balaban J connectivity index is 1.52. The van der Waals surface area contributed by atoms with Gasteiger partial charge in [0.05, 0.1) is 17.0 Å². The first kappa shape index (κ1) is 18.7. The number of hydrogen-bond donors (Lipinski definition) is 2. The van der Waals surface area contributed by atoms with Crippen LogP contribution in [0.2, 0.25) is 5.02 Å². The molecule has 6 nitrogen and oxygen atoms in total. The zero-order valence-corrected chi connectivity index (χ0v) is 15.3. The van der Waals surface area contributed by atoms with Crippen molar-refractivity contribution in [2.45, 2.75) is 24.7 Å². The summed E-state index contributed by atoms with van der Waals surface area (Å²) in [5.41, 5.74) is 5.65. The predicted octanol–water partition coefficient (Wildman–Crippen LogP) is 2.86. The van der Waals surface area contributed by atoms with Gasteiger partial charge in [-0.05, 0) is 54.8 Å². The molecule has 0 atom stereocenters. The van der Waals surface area contributed by atoms with Crippen LogP contribution in [0.3, 0.4) is 0 Å². The highest BCUT2D eigenvalue weighted by atomic mass is 35.5. The Kier molecular flexibility index (Phi) is 5.63. The van der Waals surface area contributed by atoms with Gasteiger partial charge in [0.25, 0.3) is 5.91 Å². The highest BCUT2D eigenvalue weighted by Gasteiger charge is 2.45. The van der Waals surface area contributed by atoms with Gasteiger partial charge in [0, 0.05) is 5.02 Å². The van der Waals surface area contributed by atoms with Crippen LogP contribution in [0.5, 0.6) is 5.75 Å². The van der Waals surface area contributed by atoms with Crippen LogP contribution in [-0.2, 0) is 15.0 Å². The average molecular weight is 384 g/mol. The van der Waals surface area contributed by atoms with Crippen LogP contribution >= 0.6 is 11.6 Å². The van der Waals surface area contributed by atoms with E-state index in [1.807, 2.05) is 18.2 Å². The lowest BCUT2D eigenvalue weighted by Crippen LogP contribution is -2.55. The maximum atomic E-state index is 12.7. The highest BCUT2D eigenvalue weighted by Crippen LogP contribution is 2.44. The molecule has 138 valence electrons. The molecule has 0 bridgehead atoms. The second-order valence-electron chi connectivity index (χ2n) is 6.37. The molecule has 2 aromatic rings. The van der Waals surface area contributed by atoms with Crippen molar-refractivity contribution in [3.63, 3.8) is 0 Å². The molecular formula is C20H18ClN3O3. The second-order valence-corrected chi connectivity index (χ2v) is 6.81. The molecule has 0 saturated heterocycles. The number of benzene rings is 2. The minimum atomic E-state index is -0.633. The maximum absolute atomic E-state index is 12.7. The van der Waals surface area contributed by atoms with E-state index >= 15 is 0 Å². The largest absolute Gasteiger partial charge is 0.484 e. The van der Waals surface area contributed by atoms with Gasteiger partial charge in [0.2, 0.25) is 5.91 Å². The van der Waals surface area contributed by atoms with Gasteiger partial charge in [-0.25, -0.2) is 0 Å². The third kappa shape index (κ3) is 4.21. The SMILES string of the molecule is N#Cc1ccc(OCC(=O)NNC(=O)C2(c3ccc(Cl)cc3)CCC2)cc1. The van der Waals surface area contributed by atoms with E-state index in [4.69, 9.17) is 21.6 Å². The summed E-state index contributed by atoms with van der Waals surface area (Å²) in [5, 5.41) is 9.37. The zero-order valence-electron chi connectivity index (χ0n) is 14.5. The van der Waals surface area contributed by atoms with Gasteiger partial charge in [-0.1, -0.05) is 30.2 Å². The molecule has 2 N–H and O–H groups in total. The normalized spacial score (nSPS) is 14.4. The summed E-state index contributed by atoms with van der Waals surface area (Å²) in [4.78, 5) is 24.6. The molecule has 0 unspecified atom stereocenters. The number of hydrogen-bond acceptors (Lipinski definition) is 4. The number of hydrazine groups is 1. The molecule has 2 aromatic carbocycles. The van der Waals surface area contributed by atoms with Gasteiger partial charge in [-0.2, -0.15) is 5.26 Å². The van der Waals surface area contributed by atoms with E-state index in [1.54, 1.807) is 36.4 Å². The van der Waals surface area contributed by atoms with Crippen LogP contribution < -0.4 is 15.6 Å². The molecule has 0 spiro atoms. The quantitative estimate of drug-likeness (QED) is 0.776. The van der Waals surface area contributed by atoms with Crippen LogP contribution in [0.15, 0.2) is 48.5 Å². The van der Waals surface area contributed by atoms with Crippen molar-refractivity contribution < 1.29 is 14.3 Å². The van der Waals surface area contributed by atoms with Crippen molar-refractivity contribution in [1.29, 1.82) is 5.26 Å². The number of carbonyl (C=O) groups excluding carboxylic acids is 2. The standard InChI is InChI=1S/C20H18ClN3O3/c21-16-6-4-15(5-7-16)20(10-1-11-20)19(26)24-23-18(25)13-27-17-8-2-14(12-22)3-9-17/h2-9H,1,10-11,13H2,(H,23,25)(H,24,26).